The van der Waals surface area contributed by atoms with E-state index in [0.717, 1.165) is 25.3 Å². The summed E-state index contributed by atoms with van der Waals surface area (Å²) in [7, 11) is 2.28. The minimum Gasteiger partial charge on any atom is -0.493 e. The lowest BCUT2D eigenvalue weighted by molar-refractivity contribution is 0.0837. The van der Waals surface area contributed by atoms with Gasteiger partial charge in [0.05, 0.1) is 6.61 Å². The summed E-state index contributed by atoms with van der Waals surface area (Å²) < 4.78 is 6.07. The molecule has 0 amide bonds. The summed E-state index contributed by atoms with van der Waals surface area (Å²) in [5.41, 5.74) is 4.30. The van der Waals surface area contributed by atoms with Crippen LogP contribution in [0.25, 0.3) is 10.9 Å². The van der Waals surface area contributed by atoms with Crippen LogP contribution in [0.2, 0.25) is 0 Å². The molecule has 0 spiro atoms. The number of hydrogen-bond acceptors (Lipinski definition) is 2. The van der Waals surface area contributed by atoms with E-state index in [9.17, 15) is 0 Å². The second kappa shape index (κ2) is 5.92. The maximum Gasteiger partial charge on any atom is 0.119 e. The molecule has 2 aliphatic rings. The molecule has 2 heterocycles. The van der Waals surface area contributed by atoms with Crippen LogP contribution in [0.3, 0.4) is 0 Å². The van der Waals surface area contributed by atoms with Crippen molar-refractivity contribution in [2.45, 2.75) is 24.8 Å². The number of para-hydroxylation sites is 1. The van der Waals surface area contributed by atoms with E-state index in [-0.39, 0.29) is 0 Å². The SMILES string of the molecule is CN1CC(COc2ccccc2)C[C@@H]2c3cccc4[nH]cc(c34)C[C@H]21. The van der Waals surface area contributed by atoms with E-state index in [1.807, 2.05) is 30.3 Å². The molecule has 3 nitrogen and oxygen atoms in total. The van der Waals surface area contributed by atoms with Gasteiger partial charge in [0, 0.05) is 41.5 Å². The smallest absolute Gasteiger partial charge is 0.119 e. The van der Waals surface area contributed by atoms with E-state index in [4.69, 9.17) is 4.74 Å². The minimum absolute atomic E-state index is 0.571. The first kappa shape index (κ1) is 15.0. The third kappa shape index (κ3) is 2.54. The third-order valence-corrected chi connectivity index (χ3v) is 6.04. The van der Waals surface area contributed by atoms with Crippen molar-refractivity contribution in [3.05, 3.63) is 65.9 Å². The molecular formula is C22H24N2O. The molecule has 1 saturated heterocycles. The minimum atomic E-state index is 0.571. The number of benzene rings is 2. The fourth-order valence-electron chi connectivity index (χ4n) is 4.91. The fourth-order valence-corrected chi connectivity index (χ4v) is 4.91. The topological polar surface area (TPSA) is 28.3 Å². The highest BCUT2D eigenvalue weighted by atomic mass is 16.5. The second-order valence-electron chi connectivity index (χ2n) is 7.63. The molecule has 1 N–H and O–H groups in total. The molecule has 0 bridgehead atoms. The second-order valence-corrected chi connectivity index (χ2v) is 7.63. The molecule has 1 aliphatic heterocycles. The Hall–Kier alpha value is -2.26. The van der Waals surface area contributed by atoms with E-state index >= 15 is 0 Å². The molecule has 5 rings (SSSR count). The predicted molar refractivity (Wildman–Crippen MR) is 101 cm³/mol. The van der Waals surface area contributed by atoms with E-state index in [1.165, 1.54) is 28.5 Å². The molecule has 1 aliphatic carbocycles. The quantitative estimate of drug-likeness (QED) is 0.778. The molecule has 3 aromatic rings. The van der Waals surface area contributed by atoms with Crippen LogP contribution in [0.1, 0.15) is 23.5 Å². The number of piperidine rings is 1. The number of likely N-dealkylation sites (tertiary alicyclic amines) is 1. The standard InChI is InChI=1S/C22H24N2O/c1-24-13-15(14-25-17-6-3-2-4-7-17)10-19-18-8-5-9-20-22(18)16(12-23-20)11-21(19)24/h2-9,12,15,19,21,23H,10-11,13-14H2,1H3/t15?,19-,21-/m1/s1. The molecule has 2 aromatic carbocycles. The van der Waals surface area contributed by atoms with Gasteiger partial charge in [0.2, 0.25) is 0 Å². The van der Waals surface area contributed by atoms with Gasteiger partial charge in [0.1, 0.15) is 5.75 Å². The third-order valence-electron chi connectivity index (χ3n) is 6.04. The summed E-state index contributed by atoms with van der Waals surface area (Å²) in [6.07, 6.45) is 4.58. The Morgan fingerprint density at radius 1 is 1.12 bits per heavy atom. The van der Waals surface area contributed by atoms with Crippen LogP contribution in [-0.2, 0) is 6.42 Å². The number of H-pyrrole nitrogens is 1. The Morgan fingerprint density at radius 2 is 2.00 bits per heavy atom. The Balaban J connectivity index is 1.40. The number of rotatable bonds is 3. The average Bonchev–Trinajstić information content (AvgIpc) is 3.06. The van der Waals surface area contributed by atoms with Crippen LogP contribution in [0.4, 0.5) is 0 Å². The van der Waals surface area contributed by atoms with Crippen LogP contribution in [0, 0.1) is 5.92 Å². The van der Waals surface area contributed by atoms with Gasteiger partial charge < -0.3 is 14.6 Å². The van der Waals surface area contributed by atoms with Crippen molar-refractivity contribution in [3.63, 3.8) is 0 Å². The Bertz CT molecular complexity index is 885. The normalized spacial score (nSPS) is 25.7. The summed E-state index contributed by atoms with van der Waals surface area (Å²) in [6, 6.07) is 17.5. The first-order valence-corrected chi connectivity index (χ1v) is 9.26. The van der Waals surface area contributed by atoms with Gasteiger partial charge in [-0.05, 0) is 49.2 Å². The molecule has 25 heavy (non-hydrogen) atoms. The maximum absolute atomic E-state index is 6.07. The van der Waals surface area contributed by atoms with Crippen molar-refractivity contribution < 1.29 is 4.74 Å². The zero-order valence-corrected chi connectivity index (χ0v) is 14.6. The lowest BCUT2D eigenvalue weighted by Gasteiger charge is -2.45. The molecule has 128 valence electrons. The van der Waals surface area contributed by atoms with Crippen molar-refractivity contribution in [1.29, 1.82) is 0 Å². The number of nitrogens with zero attached hydrogens (tertiary/aromatic N) is 1. The van der Waals surface area contributed by atoms with Gasteiger partial charge in [-0.1, -0.05) is 30.3 Å². The van der Waals surface area contributed by atoms with Gasteiger partial charge in [0.15, 0.2) is 0 Å². The predicted octanol–water partition coefficient (Wildman–Crippen LogP) is 4.21. The van der Waals surface area contributed by atoms with E-state index in [1.54, 1.807) is 0 Å². The van der Waals surface area contributed by atoms with Gasteiger partial charge in [-0.2, -0.15) is 0 Å². The van der Waals surface area contributed by atoms with Crippen molar-refractivity contribution in [1.82, 2.24) is 9.88 Å². The number of ether oxygens (including phenoxy) is 1. The van der Waals surface area contributed by atoms with Gasteiger partial charge >= 0.3 is 0 Å². The van der Waals surface area contributed by atoms with Crippen LogP contribution >= 0.6 is 0 Å². The van der Waals surface area contributed by atoms with E-state index < -0.39 is 0 Å². The summed E-state index contributed by atoms with van der Waals surface area (Å²) in [5.74, 6) is 2.16. The van der Waals surface area contributed by atoms with Gasteiger partial charge in [-0.15, -0.1) is 0 Å². The Kier molecular flexibility index (Phi) is 3.56. The average molecular weight is 332 g/mol. The first-order valence-electron chi connectivity index (χ1n) is 9.26. The summed E-state index contributed by atoms with van der Waals surface area (Å²) >= 11 is 0. The zero-order valence-electron chi connectivity index (χ0n) is 14.6. The monoisotopic (exact) mass is 332 g/mol. The van der Waals surface area contributed by atoms with Gasteiger partial charge in [-0.3, -0.25) is 0 Å². The number of nitrogens with one attached hydrogen (secondary N) is 1. The lowest BCUT2D eigenvalue weighted by Crippen LogP contribution is -2.49. The highest BCUT2D eigenvalue weighted by Gasteiger charge is 2.39. The number of aromatic amines is 1. The number of likely N-dealkylation sites (N-methyl/N-ethyl adjacent to an activating group) is 1. The molecule has 1 unspecified atom stereocenters. The van der Waals surface area contributed by atoms with Crippen molar-refractivity contribution in [3.8, 4) is 5.75 Å². The van der Waals surface area contributed by atoms with Crippen molar-refractivity contribution in [2.24, 2.45) is 5.92 Å². The molecule has 0 saturated carbocycles. The lowest BCUT2D eigenvalue weighted by atomic mass is 9.72. The number of hydrogen-bond donors (Lipinski definition) is 1. The highest BCUT2D eigenvalue weighted by molar-refractivity contribution is 5.88. The first-order chi connectivity index (χ1) is 12.3. The van der Waals surface area contributed by atoms with Gasteiger partial charge in [-0.25, -0.2) is 0 Å². The summed E-state index contributed by atoms with van der Waals surface area (Å²) in [5, 5.41) is 1.47. The van der Waals surface area contributed by atoms with Crippen LogP contribution in [-0.4, -0.2) is 36.1 Å². The van der Waals surface area contributed by atoms with Crippen LogP contribution in [0.5, 0.6) is 5.75 Å². The van der Waals surface area contributed by atoms with Crippen molar-refractivity contribution >= 4 is 10.9 Å². The molecular weight excluding hydrogens is 308 g/mol. The molecule has 3 atom stereocenters. The Morgan fingerprint density at radius 3 is 2.88 bits per heavy atom. The molecule has 0 radical (unpaired) electrons. The number of aromatic nitrogens is 1. The fraction of sp³-hybridized carbons (Fsp3) is 0.364. The zero-order chi connectivity index (χ0) is 16.8. The Labute approximate surface area is 148 Å². The molecule has 3 heteroatoms. The maximum atomic E-state index is 6.07. The molecule has 1 fully saturated rings. The van der Waals surface area contributed by atoms with Crippen LogP contribution in [0.15, 0.2) is 54.7 Å². The summed E-state index contributed by atoms with van der Waals surface area (Å²) in [4.78, 5) is 6.02. The molecule has 1 aromatic heterocycles. The largest absolute Gasteiger partial charge is 0.493 e. The van der Waals surface area contributed by atoms with Gasteiger partial charge in [0.25, 0.3) is 0 Å². The van der Waals surface area contributed by atoms with E-state index in [2.05, 4.69) is 41.3 Å². The van der Waals surface area contributed by atoms with Crippen LogP contribution < -0.4 is 4.74 Å². The van der Waals surface area contributed by atoms with E-state index in [0.29, 0.717) is 17.9 Å². The van der Waals surface area contributed by atoms with Crippen molar-refractivity contribution in [2.75, 3.05) is 20.2 Å². The number of fused-ring (bicyclic) bond motifs is 2. The summed E-state index contributed by atoms with van der Waals surface area (Å²) in [6.45, 7) is 1.91. The highest BCUT2D eigenvalue weighted by Crippen LogP contribution is 2.44.